The van der Waals surface area contributed by atoms with Crippen LogP contribution in [-0.4, -0.2) is 40.5 Å². The Morgan fingerprint density at radius 2 is 1.74 bits per heavy atom. The van der Waals surface area contributed by atoms with Gasteiger partial charge in [0.15, 0.2) is 5.82 Å². The molecule has 1 aromatic heterocycles. The van der Waals surface area contributed by atoms with E-state index in [2.05, 4.69) is 15.4 Å². The molecule has 0 radical (unpaired) electrons. The van der Waals surface area contributed by atoms with E-state index in [1.165, 1.54) is 0 Å². The molecule has 0 unspecified atom stereocenters. The van der Waals surface area contributed by atoms with Crippen LogP contribution >= 0.6 is 11.6 Å². The van der Waals surface area contributed by atoms with E-state index in [0.29, 0.717) is 41.9 Å². The lowest BCUT2D eigenvalue weighted by molar-refractivity contribution is 0.102. The van der Waals surface area contributed by atoms with Crippen molar-refractivity contribution in [1.82, 2.24) is 14.8 Å². The molecule has 8 heteroatoms. The number of carbonyl (C=O) groups is 1. The molecule has 0 fully saturated rings. The first-order valence-electron chi connectivity index (χ1n) is 11.0. The fourth-order valence-electron chi connectivity index (χ4n) is 3.36. The van der Waals surface area contributed by atoms with Crippen LogP contribution in [0.2, 0.25) is 5.02 Å². The zero-order valence-electron chi connectivity index (χ0n) is 19.0. The van der Waals surface area contributed by atoms with Crippen molar-refractivity contribution in [2.75, 3.05) is 25.1 Å². The van der Waals surface area contributed by atoms with E-state index in [0.717, 1.165) is 16.8 Å². The molecule has 1 N–H and O–H groups in total. The SMILES string of the molecule is CCOCCOc1nc(-c2ccccc2C)n(-c2ccc(NC(=O)c3ccc(Cl)cc3)cc2)n1. The standard InChI is InChI=1S/C26H25ClN4O3/c1-3-33-16-17-34-26-29-24(23-7-5-4-6-18(23)2)31(30-26)22-14-12-21(13-15-22)28-25(32)19-8-10-20(27)11-9-19/h4-15H,3,16-17H2,1-2H3,(H,28,32). The molecule has 0 saturated heterocycles. The van der Waals surface area contributed by atoms with Gasteiger partial charge in [0, 0.05) is 28.4 Å². The average molecular weight is 477 g/mol. The first-order chi connectivity index (χ1) is 16.5. The molecule has 4 aromatic rings. The van der Waals surface area contributed by atoms with E-state index in [-0.39, 0.29) is 11.9 Å². The van der Waals surface area contributed by atoms with Gasteiger partial charge in [-0.05, 0) is 67.9 Å². The second kappa shape index (κ2) is 11.0. The van der Waals surface area contributed by atoms with Crippen LogP contribution in [0.1, 0.15) is 22.8 Å². The van der Waals surface area contributed by atoms with Gasteiger partial charge in [-0.2, -0.15) is 4.98 Å². The van der Waals surface area contributed by atoms with E-state index < -0.39 is 0 Å². The maximum atomic E-state index is 12.5. The molecular formula is C26H25ClN4O3. The highest BCUT2D eigenvalue weighted by atomic mass is 35.5. The van der Waals surface area contributed by atoms with Crippen molar-refractivity contribution in [2.24, 2.45) is 0 Å². The summed E-state index contributed by atoms with van der Waals surface area (Å²) in [5.41, 5.74) is 4.00. The van der Waals surface area contributed by atoms with Crippen molar-refractivity contribution in [3.63, 3.8) is 0 Å². The summed E-state index contributed by atoms with van der Waals surface area (Å²) in [5, 5.41) is 8.04. The predicted octanol–water partition coefficient (Wildman–Crippen LogP) is 5.56. The number of hydrogen-bond donors (Lipinski definition) is 1. The lowest BCUT2D eigenvalue weighted by Gasteiger charge is -2.10. The van der Waals surface area contributed by atoms with Gasteiger partial charge >= 0.3 is 6.01 Å². The normalized spacial score (nSPS) is 10.8. The van der Waals surface area contributed by atoms with Gasteiger partial charge in [-0.25, -0.2) is 4.68 Å². The number of aryl methyl sites for hydroxylation is 1. The van der Waals surface area contributed by atoms with Crippen LogP contribution in [0, 0.1) is 6.92 Å². The Hall–Kier alpha value is -3.68. The Labute approximate surface area is 203 Å². The molecule has 7 nitrogen and oxygen atoms in total. The highest BCUT2D eigenvalue weighted by molar-refractivity contribution is 6.30. The van der Waals surface area contributed by atoms with Gasteiger partial charge in [0.2, 0.25) is 0 Å². The number of hydrogen-bond acceptors (Lipinski definition) is 5. The Kier molecular flexibility index (Phi) is 7.57. The van der Waals surface area contributed by atoms with E-state index in [1.54, 1.807) is 28.9 Å². The molecule has 4 rings (SSSR count). The highest BCUT2D eigenvalue weighted by Crippen LogP contribution is 2.27. The second-order valence-corrected chi connectivity index (χ2v) is 7.93. The number of nitrogens with one attached hydrogen (secondary N) is 1. The van der Waals surface area contributed by atoms with E-state index >= 15 is 0 Å². The van der Waals surface area contributed by atoms with E-state index in [1.807, 2.05) is 62.4 Å². The quantitative estimate of drug-likeness (QED) is 0.320. The van der Waals surface area contributed by atoms with Gasteiger partial charge in [-0.3, -0.25) is 4.79 Å². The summed E-state index contributed by atoms with van der Waals surface area (Å²) in [6.07, 6.45) is 0. The summed E-state index contributed by atoms with van der Waals surface area (Å²) in [4.78, 5) is 17.1. The summed E-state index contributed by atoms with van der Waals surface area (Å²) in [7, 11) is 0. The van der Waals surface area contributed by atoms with Crippen LogP contribution in [0.3, 0.4) is 0 Å². The van der Waals surface area contributed by atoms with E-state index in [4.69, 9.17) is 21.1 Å². The number of nitrogens with zero attached hydrogens (tertiary/aromatic N) is 3. The number of aromatic nitrogens is 3. The molecule has 0 aliphatic heterocycles. The lowest BCUT2D eigenvalue weighted by atomic mass is 10.1. The number of ether oxygens (including phenoxy) is 2. The first-order valence-corrected chi connectivity index (χ1v) is 11.3. The first kappa shape index (κ1) is 23.5. The number of amides is 1. The average Bonchev–Trinajstić information content (AvgIpc) is 3.27. The van der Waals surface area contributed by atoms with Gasteiger partial charge in [0.1, 0.15) is 6.61 Å². The Morgan fingerprint density at radius 3 is 2.44 bits per heavy atom. The van der Waals surface area contributed by atoms with Crippen molar-refractivity contribution in [3.05, 3.63) is 88.9 Å². The van der Waals surface area contributed by atoms with Crippen LogP contribution in [0.15, 0.2) is 72.8 Å². The van der Waals surface area contributed by atoms with Crippen LogP contribution in [-0.2, 0) is 4.74 Å². The second-order valence-electron chi connectivity index (χ2n) is 7.50. The third-order valence-corrected chi connectivity index (χ3v) is 5.36. The van der Waals surface area contributed by atoms with Crippen molar-refractivity contribution in [1.29, 1.82) is 0 Å². The topological polar surface area (TPSA) is 78.3 Å². The maximum absolute atomic E-state index is 12.5. The Bertz CT molecular complexity index is 1250. The minimum absolute atomic E-state index is 0.212. The van der Waals surface area contributed by atoms with Gasteiger partial charge < -0.3 is 14.8 Å². The molecule has 174 valence electrons. The van der Waals surface area contributed by atoms with Gasteiger partial charge in [-0.15, -0.1) is 5.10 Å². The molecule has 0 aliphatic carbocycles. The molecule has 1 heterocycles. The van der Waals surface area contributed by atoms with Gasteiger partial charge in [0.25, 0.3) is 5.91 Å². The Balaban J connectivity index is 1.58. The number of rotatable bonds is 9. The van der Waals surface area contributed by atoms with Gasteiger partial charge in [-0.1, -0.05) is 35.9 Å². The monoisotopic (exact) mass is 476 g/mol. The van der Waals surface area contributed by atoms with Crippen molar-refractivity contribution < 1.29 is 14.3 Å². The molecule has 0 aliphatic rings. The van der Waals surface area contributed by atoms with Crippen LogP contribution < -0.4 is 10.1 Å². The smallest absolute Gasteiger partial charge is 0.336 e. The van der Waals surface area contributed by atoms with Crippen LogP contribution in [0.4, 0.5) is 5.69 Å². The zero-order chi connectivity index (χ0) is 23.9. The van der Waals surface area contributed by atoms with E-state index in [9.17, 15) is 4.79 Å². The number of anilines is 1. The predicted molar refractivity (Wildman–Crippen MR) is 133 cm³/mol. The largest absolute Gasteiger partial charge is 0.460 e. The zero-order valence-corrected chi connectivity index (χ0v) is 19.7. The molecule has 3 aromatic carbocycles. The number of benzene rings is 3. The minimum Gasteiger partial charge on any atom is -0.460 e. The van der Waals surface area contributed by atoms with Crippen molar-refractivity contribution in [3.8, 4) is 23.1 Å². The summed E-state index contributed by atoms with van der Waals surface area (Å²) < 4.78 is 12.8. The summed E-state index contributed by atoms with van der Waals surface area (Å²) in [5.74, 6) is 0.457. The fourth-order valence-corrected chi connectivity index (χ4v) is 3.49. The third-order valence-electron chi connectivity index (χ3n) is 5.11. The molecular weight excluding hydrogens is 452 g/mol. The fraction of sp³-hybridized carbons (Fsp3) is 0.192. The molecule has 0 atom stereocenters. The third kappa shape index (κ3) is 5.62. The van der Waals surface area contributed by atoms with Gasteiger partial charge in [0.05, 0.1) is 12.3 Å². The maximum Gasteiger partial charge on any atom is 0.336 e. The summed E-state index contributed by atoms with van der Waals surface area (Å²) in [6, 6.07) is 22.4. The van der Waals surface area contributed by atoms with Crippen LogP contribution in [0.25, 0.3) is 17.1 Å². The van der Waals surface area contributed by atoms with Crippen LogP contribution in [0.5, 0.6) is 6.01 Å². The molecule has 0 spiro atoms. The van der Waals surface area contributed by atoms with Crippen molar-refractivity contribution in [2.45, 2.75) is 13.8 Å². The van der Waals surface area contributed by atoms with Crippen molar-refractivity contribution >= 4 is 23.2 Å². The Morgan fingerprint density at radius 1 is 1.00 bits per heavy atom. The number of carbonyl (C=O) groups excluding carboxylic acids is 1. The molecule has 0 saturated carbocycles. The summed E-state index contributed by atoms with van der Waals surface area (Å²) >= 11 is 5.90. The highest BCUT2D eigenvalue weighted by Gasteiger charge is 2.16. The minimum atomic E-state index is -0.212. The molecule has 0 bridgehead atoms. The molecule has 34 heavy (non-hydrogen) atoms. The molecule has 1 amide bonds. The summed E-state index contributed by atoms with van der Waals surface area (Å²) in [6.45, 7) is 5.41. The number of halogens is 1. The lowest BCUT2D eigenvalue weighted by Crippen LogP contribution is -2.11.